The highest BCUT2D eigenvalue weighted by Gasteiger charge is 2.15. The van der Waals surface area contributed by atoms with Gasteiger partial charge in [0.25, 0.3) is 5.91 Å². The molecule has 19 heavy (non-hydrogen) atoms. The van der Waals surface area contributed by atoms with E-state index < -0.39 is 5.91 Å². The van der Waals surface area contributed by atoms with Crippen molar-refractivity contribution in [2.75, 3.05) is 0 Å². The van der Waals surface area contributed by atoms with E-state index in [-0.39, 0.29) is 5.69 Å². The van der Waals surface area contributed by atoms with Crippen LogP contribution in [0, 0.1) is 0 Å². The summed E-state index contributed by atoms with van der Waals surface area (Å²) in [6.07, 6.45) is 3.51. The zero-order chi connectivity index (χ0) is 13.2. The Labute approximate surface area is 107 Å². The number of amides is 1. The predicted octanol–water partition coefficient (Wildman–Crippen LogP) is 0.961. The molecular weight excluding hydrogens is 244 g/mol. The minimum absolute atomic E-state index is 0.129. The first-order valence-corrected chi connectivity index (χ1v) is 5.56. The van der Waals surface area contributed by atoms with Crippen molar-refractivity contribution in [3.8, 4) is 22.4 Å². The Bertz CT molecular complexity index is 715. The first-order valence-electron chi connectivity index (χ1n) is 5.56. The van der Waals surface area contributed by atoms with Crippen molar-refractivity contribution >= 4 is 5.91 Å². The standard InChI is InChI=1S/C12H10N6O/c13-12(19)11-10(16-18-17-11)8-3-1-2-7(4-8)9-5-14-15-6-9/h1-6H,(H2,13,19)(H,14,15)(H,16,17,18). The van der Waals surface area contributed by atoms with Gasteiger partial charge >= 0.3 is 0 Å². The van der Waals surface area contributed by atoms with E-state index in [1.165, 1.54) is 0 Å². The fourth-order valence-corrected chi connectivity index (χ4v) is 1.86. The van der Waals surface area contributed by atoms with Crippen LogP contribution < -0.4 is 5.73 Å². The smallest absolute Gasteiger partial charge is 0.271 e. The van der Waals surface area contributed by atoms with Crippen LogP contribution in [0.1, 0.15) is 10.5 Å². The molecule has 0 unspecified atom stereocenters. The Kier molecular flexibility index (Phi) is 2.57. The van der Waals surface area contributed by atoms with Gasteiger partial charge in [0.15, 0.2) is 5.69 Å². The number of benzene rings is 1. The maximum Gasteiger partial charge on any atom is 0.271 e. The maximum atomic E-state index is 11.3. The summed E-state index contributed by atoms with van der Waals surface area (Å²) in [5, 5.41) is 16.8. The number of nitrogens with two attached hydrogens (primary N) is 1. The zero-order valence-corrected chi connectivity index (χ0v) is 9.79. The highest BCUT2D eigenvalue weighted by Crippen LogP contribution is 2.25. The summed E-state index contributed by atoms with van der Waals surface area (Å²) in [7, 11) is 0. The lowest BCUT2D eigenvalue weighted by Gasteiger charge is -2.01. The van der Waals surface area contributed by atoms with E-state index in [4.69, 9.17) is 5.73 Å². The normalized spacial score (nSPS) is 10.5. The van der Waals surface area contributed by atoms with Gasteiger partial charge in [-0.15, -0.1) is 0 Å². The van der Waals surface area contributed by atoms with E-state index in [1.807, 2.05) is 24.3 Å². The van der Waals surface area contributed by atoms with Crippen molar-refractivity contribution < 1.29 is 4.79 Å². The van der Waals surface area contributed by atoms with E-state index in [9.17, 15) is 4.79 Å². The van der Waals surface area contributed by atoms with Crippen molar-refractivity contribution in [1.82, 2.24) is 25.6 Å². The summed E-state index contributed by atoms with van der Waals surface area (Å²) in [5.74, 6) is -0.613. The van der Waals surface area contributed by atoms with Gasteiger partial charge in [-0.1, -0.05) is 18.2 Å². The summed E-state index contributed by atoms with van der Waals surface area (Å²) < 4.78 is 0. The number of hydrogen-bond donors (Lipinski definition) is 3. The van der Waals surface area contributed by atoms with Crippen molar-refractivity contribution in [2.45, 2.75) is 0 Å². The molecule has 4 N–H and O–H groups in total. The lowest BCUT2D eigenvalue weighted by Crippen LogP contribution is -2.12. The van der Waals surface area contributed by atoms with Gasteiger partial charge in [-0.3, -0.25) is 9.89 Å². The molecule has 0 radical (unpaired) electrons. The number of rotatable bonds is 3. The number of nitrogens with zero attached hydrogens (tertiary/aromatic N) is 3. The van der Waals surface area contributed by atoms with E-state index >= 15 is 0 Å². The molecule has 2 aromatic heterocycles. The third-order valence-corrected chi connectivity index (χ3v) is 2.75. The molecule has 0 bridgehead atoms. The molecule has 0 saturated carbocycles. The summed E-state index contributed by atoms with van der Waals surface area (Å²) in [6, 6.07) is 7.55. The highest BCUT2D eigenvalue weighted by molar-refractivity contribution is 5.96. The Morgan fingerprint density at radius 2 is 2.00 bits per heavy atom. The van der Waals surface area contributed by atoms with Crippen LogP contribution in [0.25, 0.3) is 22.4 Å². The molecule has 0 saturated heterocycles. The van der Waals surface area contributed by atoms with Crippen LogP contribution in [0.15, 0.2) is 36.7 Å². The first-order chi connectivity index (χ1) is 9.25. The van der Waals surface area contributed by atoms with Gasteiger partial charge in [0.2, 0.25) is 0 Å². The summed E-state index contributed by atoms with van der Waals surface area (Å²) in [5.41, 5.74) is 8.50. The Hall–Kier alpha value is -2.96. The second-order valence-corrected chi connectivity index (χ2v) is 3.95. The molecule has 0 atom stereocenters. The molecule has 0 aliphatic heterocycles. The molecule has 0 aliphatic rings. The van der Waals surface area contributed by atoms with E-state index in [0.29, 0.717) is 5.69 Å². The molecular formula is C12H10N6O. The van der Waals surface area contributed by atoms with E-state index in [2.05, 4.69) is 25.6 Å². The molecule has 7 heteroatoms. The topological polar surface area (TPSA) is 113 Å². The molecule has 94 valence electrons. The summed E-state index contributed by atoms with van der Waals surface area (Å²) >= 11 is 0. The van der Waals surface area contributed by atoms with Crippen molar-refractivity contribution in [1.29, 1.82) is 0 Å². The number of carbonyl (C=O) groups excluding carboxylic acids is 1. The number of primary amides is 1. The molecule has 1 amide bonds. The van der Waals surface area contributed by atoms with Gasteiger partial charge in [-0.05, 0) is 11.6 Å². The number of aromatic amines is 2. The monoisotopic (exact) mass is 254 g/mol. The third-order valence-electron chi connectivity index (χ3n) is 2.75. The number of aromatic nitrogens is 5. The van der Waals surface area contributed by atoms with Crippen molar-refractivity contribution in [2.24, 2.45) is 5.73 Å². The van der Waals surface area contributed by atoms with Gasteiger partial charge in [-0.2, -0.15) is 20.5 Å². The lowest BCUT2D eigenvalue weighted by molar-refractivity contribution is 0.0996. The quantitative estimate of drug-likeness (QED) is 0.645. The molecule has 0 aliphatic carbocycles. The summed E-state index contributed by atoms with van der Waals surface area (Å²) in [4.78, 5) is 11.3. The number of hydrogen-bond acceptors (Lipinski definition) is 4. The molecule has 0 fully saturated rings. The third kappa shape index (κ3) is 1.97. The molecule has 7 nitrogen and oxygen atoms in total. The van der Waals surface area contributed by atoms with E-state index in [1.54, 1.807) is 12.4 Å². The van der Waals surface area contributed by atoms with Crippen LogP contribution in [-0.4, -0.2) is 31.5 Å². The second kappa shape index (κ2) is 4.37. The van der Waals surface area contributed by atoms with Gasteiger partial charge in [0, 0.05) is 17.3 Å². The molecule has 0 spiro atoms. The SMILES string of the molecule is NC(=O)c1n[nH]nc1-c1cccc(-c2cn[nH]c2)c1. The molecule has 1 aromatic carbocycles. The minimum Gasteiger partial charge on any atom is -0.364 e. The average molecular weight is 254 g/mol. The largest absolute Gasteiger partial charge is 0.364 e. The fourth-order valence-electron chi connectivity index (χ4n) is 1.86. The van der Waals surface area contributed by atoms with E-state index in [0.717, 1.165) is 16.7 Å². The highest BCUT2D eigenvalue weighted by atomic mass is 16.1. The van der Waals surface area contributed by atoms with Crippen LogP contribution in [0.4, 0.5) is 0 Å². The first kappa shape index (κ1) is 11.1. The number of H-pyrrole nitrogens is 2. The lowest BCUT2D eigenvalue weighted by atomic mass is 10.0. The van der Waals surface area contributed by atoms with Crippen molar-refractivity contribution in [3.05, 3.63) is 42.4 Å². The second-order valence-electron chi connectivity index (χ2n) is 3.95. The number of carbonyl (C=O) groups is 1. The average Bonchev–Trinajstić information content (AvgIpc) is 3.10. The number of nitrogens with one attached hydrogen (secondary N) is 2. The van der Waals surface area contributed by atoms with Crippen LogP contribution in [0.2, 0.25) is 0 Å². The van der Waals surface area contributed by atoms with Crippen LogP contribution in [0.5, 0.6) is 0 Å². The maximum absolute atomic E-state index is 11.3. The summed E-state index contributed by atoms with van der Waals surface area (Å²) in [6.45, 7) is 0. The van der Waals surface area contributed by atoms with Crippen molar-refractivity contribution in [3.63, 3.8) is 0 Å². The minimum atomic E-state index is -0.613. The molecule has 2 heterocycles. The zero-order valence-electron chi connectivity index (χ0n) is 9.79. The molecule has 3 aromatic rings. The van der Waals surface area contributed by atoms with Crippen LogP contribution in [0.3, 0.4) is 0 Å². The fraction of sp³-hybridized carbons (Fsp3) is 0. The van der Waals surface area contributed by atoms with Gasteiger partial charge in [-0.25, -0.2) is 0 Å². The Balaban J connectivity index is 2.09. The Morgan fingerprint density at radius 3 is 2.74 bits per heavy atom. The van der Waals surface area contributed by atoms with Gasteiger partial charge in [0.1, 0.15) is 5.69 Å². The van der Waals surface area contributed by atoms with Gasteiger partial charge < -0.3 is 5.73 Å². The predicted molar refractivity (Wildman–Crippen MR) is 67.9 cm³/mol. The van der Waals surface area contributed by atoms with Gasteiger partial charge in [0.05, 0.1) is 6.20 Å². The molecule has 3 rings (SSSR count). The van der Waals surface area contributed by atoms with Crippen LogP contribution in [-0.2, 0) is 0 Å². The van der Waals surface area contributed by atoms with Crippen LogP contribution >= 0.6 is 0 Å². The Morgan fingerprint density at radius 1 is 1.16 bits per heavy atom.